The number of hydrazine groups is 1. The Morgan fingerprint density at radius 2 is 1.47 bits per heavy atom. The van der Waals surface area contributed by atoms with E-state index in [2.05, 4.69) is 21.4 Å². The molecule has 19 heavy (non-hydrogen) atoms. The third kappa shape index (κ3) is 8.69. The Hall–Kier alpha value is -0.980. The molecule has 0 fully saturated rings. The van der Waals surface area contributed by atoms with E-state index in [0.717, 1.165) is 5.01 Å². The quantitative estimate of drug-likeness (QED) is 0.452. The van der Waals surface area contributed by atoms with Crippen LogP contribution in [0.15, 0.2) is 0 Å². The summed E-state index contributed by atoms with van der Waals surface area (Å²) >= 11 is 3.21. The Bertz CT molecular complexity index is 332. The standard InChI is InChI=1S/C12H23BrN2O4/c1-8(13)15(10(17)19-12(5,6)7)14-9(16)18-11(2,3)4/h8H,1-7H3,(H,14,16). The van der Waals surface area contributed by atoms with E-state index in [1.807, 2.05) is 0 Å². The van der Waals surface area contributed by atoms with Gasteiger partial charge < -0.3 is 9.47 Å². The summed E-state index contributed by atoms with van der Waals surface area (Å²) < 4.78 is 10.3. The normalized spacial score (nSPS) is 13.5. The van der Waals surface area contributed by atoms with Crippen LogP contribution in [-0.4, -0.2) is 33.3 Å². The molecule has 0 saturated carbocycles. The lowest BCUT2D eigenvalue weighted by atomic mass is 10.2. The number of halogens is 1. The lowest BCUT2D eigenvalue weighted by Crippen LogP contribution is -2.52. The molecular weight excluding hydrogens is 316 g/mol. The van der Waals surface area contributed by atoms with Crippen LogP contribution in [-0.2, 0) is 9.47 Å². The van der Waals surface area contributed by atoms with E-state index >= 15 is 0 Å². The molecule has 1 N–H and O–H groups in total. The summed E-state index contributed by atoms with van der Waals surface area (Å²) in [5.41, 5.74) is 1.06. The number of hydrogen-bond donors (Lipinski definition) is 1. The topological polar surface area (TPSA) is 67.9 Å². The Morgan fingerprint density at radius 1 is 1.05 bits per heavy atom. The van der Waals surface area contributed by atoms with Crippen molar-refractivity contribution >= 4 is 28.1 Å². The number of ether oxygens (including phenoxy) is 2. The molecule has 0 aliphatic heterocycles. The first-order valence-electron chi connectivity index (χ1n) is 5.98. The molecule has 1 unspecified atom stereocenters. The highest BCUT2D eigenvalue weighted by atomic mass is 79.9. The summed E-state index contributed by atoms with van der Waals surface area (Å²) in [5, 5.41) is 1.03. The van der Waals surface area contributed by atoms with E-state index in [1.165, 1.54) is 0 Å². The summed E-state index contributed by atoms with van der Waals surface area (Å²) in [6, 6.07) is 0. The highest BCUT2D eigenvalue weighted by Gasteiger charge is 2.28. The van der Waals surface area contributed by atoms with Crippen molar-refractivity contribution in [3.05, 3.63) is 0 Å². The van der Waals surface area contributed by atoms with E-state index in [9.17, 15) is 9.59 Å². The van der Waals surface area contributed by atoms with Gasteiger partial charge >= 0.3 is 12.2 Å². The van der Waals surface area contributed by atoms with Crippen LogP contribution in [0.1, 0.15) is 48.5 Å². The minimum absolute atomic E-state index is 0.435. The van der Waals surface area contributed by atoms with Crippen molar-refractivity contribution < 1.29 is 19.1 Å². The predicted octanol–water partition coefficient (Wildman–Crippen LogP) is 3.40. The number of carbonyl (C=O) groups is 2. The van der Waals surface area contributed by atoms with Crippen LogP contribution in [0.3, 0.4) is 0 Å². The smallest absolute Gasteiger partial charge is 0.430 e. The van der Waals surface area contributed by atoms with Gasteiger partial charge in [0.05, 0.1) is 0 Å². The van der Waals surface area contributed by atoms with Crippen LogP contribution < -0.4 is 5.43 Å². The van der Waals surface area contributed by atoms with Crippen molar-refractivity contribution in [3.8, 4) is 0 Å². The zero-order chi connectivity index (χ0) is 15.4. The molecule has 0 spiro atoms. The van der Waals surface area contributed by atoms with Crippen LogP contribution in [0.5, 0.6) is 0 Å². The lowest BCUT2D eigenvalue weighted by Gasteiger charge is -2.30. The van der Waals surface area contributed by atoms with Crippen molar-refractivity contribution in [2.24, 2.45) is 0 Å². The molecule has 7 heteroatoms. The van der Waals surface area contributed by atoms with Gasteiger partial charge in [0.15, 0.2) is 0 Å². The number of carbonyl (C=O) groups excluding carboxylic acids is 2. The Labute approximate surface area is 122 Å². The maximum atomic E-state index is 11.9. The van der Waals surface area contributed by atoms with Gasteiger partial charge in [-0.25, -0.2) is 20.0 Å². The summed E-state index contributed by atoms with van der Waals surface area (Å²) in [6.07, 6.45) is -1.38. The Balaban J connectivity index is 4.67. The molecule has 0 bridgehead atoms. The maximum absolute atomic E-state index is 11.9. The molecule has 0 aromatic carbocycles. The fourth-order valence-corrected chi connectivity index (χ4v) is 1.26. The summed E-state index contributed by atoms with van der Waals surface area (Å²) in [6.45, 7) is 12.1. The zero-order valence-corrected chi connectivity index (χ0v) is 14.1. The summed E-state index contributed by atoms with van der Waals surface area (Å²) in [7, 11) is 0. The highest BCUT2D eigenvalue weighted by Crippen LogP contribution is 2.14. The van der Waals surface area contributed by atoms with Gasteiger partial charge in [-0.2, -0.15) is 0 Å². The van der Waals surface area contributed by atoms with E-state index in [0.29, 0.717) is 0 Å². The van der Waals surface area contributed by atoms with Gasteiger partial charge in [0.25, 0.3) is 0 Å². The first-order valence-corrected chi connectivity index (χ1v) is 6.89. The fraction of sp³-hybridized carbons (Fsp3) is 0.833. The number of nitrogens with one attached hydrogen (secondary N) is 1. The molecule has 0 rings (SSSR count). The second-order valence-electron chi connectivity index (χ2n) is 6.04. The molecule has 0 saturated heterocycles. The fourth-order valence-electron chi connectivity index (χ4n) is 0.990. The maximum Gasteiger partial charge on any atom is 0.430 e. The van der Waals surface area contributed by atoms with Gasteiger partial charge in [-0.1, -0.05) is 15.9 Å². The van der Waals surface area contributed by atoms with Crippen molar-refractivity contribution in [3.63, 3.8) is 0 Å². The first kappa shape index (κ1) is 18.0. The van der Waals surface area contributed by atoms with Crippen molar-refractivity contribution in [2.45, 2.75) is 64.6 Å². The molecule has 0 aliphatic rings. The summed E-state index contributed by atoms with van der Waals surface area (Å²) in [4.78, 5) is 23.1. The lowest BCUT2D eigenvalue weighted by molar-refractivity contribution is 0.000416. The monoisotopic (exact) mass is 338 g/mol. The van der Waals surface area contributed by atoms with Crippen LogP contribution >= 0.6 is 15.9 Å². The number of nitrogens with zero attached hydrogens (tertiary/aromatic N) is 1. The molecule has 2 amide bonds. The largest absolute Gasteiger partial charge is 0.443 e. The predicted molar refractivity (Wildman–Crippen MR) is 75.8 cm³/mol. The van der Waals surface area contributed by atoms with Crippen LogP contribution in [0.4, 0.5) is 9.59 Å². The SMILES string of the molecule is CC(Br)N(NC(=O)OC(C)(C)C)C(=O)OC(C)(C)C. The third-order valence-corrected chi connectivity index (χ3v) is 1.97. The molecule has 0 aliphatic carbocycles. The van der Waals surface area contributed by atoms with Gasteiger partial charge in [-0.05, 0) is 48.5 Å². The second kappa shape index (κ2) is 6.45. The average molecular weight is 339 g/mol. The third-order valence-electron chi connectivity index (χ3n) is 1.56. The average Bonchev–Trinajstić information content (AvgIpc) is 2.07. The Kier molecular flexibility index (Phi) is 6.12. The molecule has 0 aromatic heterocycles. The van der Waals surface area contributed by atoms with Crippen LogP contribution in [0, 0.1) is 0 Å². The molecule has 1 atom stereocenters. The minimum Gasteiger partial charge on any atom is -0.443 e. The minimum atomic E-state index is -0.718. The number of amides is 2. The van der Waals surface area contributed by atoms with Gasteiger partial charge in [0, 0.05) is 0 Å². The van der Waals surface area contributed by atoms with E-state index < -0.39 is 28.3 Å². The second-order valence-corrected chi connectivity index (χ2v) is 7.36. The van der Waals surface area contributed by atoms with E-state index in [4.69, 9.17) is 9.47 Å². The van der Waals surface area contributed by atoms with E-state index in [1.54, 1.807) is 48.5 Å². The van der Waals surface area contributed by atoms with Crippen molar-refractivity contribution in [1.29, 1.82) is 0 Å². The van der Waals surface area contributed by atoms with Crippen molar-refractivity contribution in [1.82, 2.24) is 10.4 Å². The molecule has 0 aromatic rings. The summed E-state index contributed by atoms with van der Waals surface area (Å²) in [5.74, 6) is 0. The molecule has 6 nitrogen and oxygen atoms in total. The van der Waals surface area contributed by atoms with Gasteiger partial charge in [0.2, 0.25) is 0 Å². The van der Waals surface area contributed by atoms with Gasteiger partial charge in [-0.3, -0.25) is 0 Å². The van der Waals surface area contributed by atoms with E-state index in [-0.39, 0.29) is 0 Å². The number of hydrogen-bond acceptors (Lipinski definition) is 4. The zero-order valence-electron chi connectivity index (χ0n) is 12.5. The van der Waals surface area contributed by atoms with Gasteiger partial charge in [0.1, 0.15) is 16.2 Å². The molecule has 0 heterocycles. The number of rotatable bonds is 1. The Morgan fingerprint density at radius 3 is 1.79 bits per heavy atom. The van der Waals surface area contributed by atoms with Crippen LogP contribution in [0.25, 0.3) is 0 Å². The number of alkyl halides is 1. The van der Waals surface area contributed by atoms with Gasteiger partial charge in [-0.15, -0.1) is 0 Å². The molecule has 0 radical (unpaired) electrons. The van der Waals surface area contributed by atoms with Crippen LogP contribution in [0.2, 0.25) is 0 Å². The molecular formula is C12H23BrN2O4. The molecule has 112 valence electrons. The highest BCUT2D eigenvalue weighted by molar-refractivity contribution is 9.09. The van der Waals surface area contributed by atoms with Crippen molar-refractivity contribution in [2.75, 3.05) is 0 Å². The first-order chi connectivity index (χ1) is 8.32.